The lowest BCUT2D eigenvalue weighted by Gasteiger charge is -2.09. The van der Waals surface area contributed by atoms with Gasteiger partial charge in [0.25, 0.3) is 0 Å². The van der Waals surface area contributed by atoms with Crippen molar-refractivity contribution in [3.63, 3.8) is 0 Å². The molecule has 1 aromatic heterocycles. The number of hydrogen-bond donors (Lipinski definition) is 1. The van der Waals surface area contributed by atoms with Gasteiger partial charge in [-0.2, -0.15) is 13.2 Å². The lowest BCUT2D eigenvalue weighted by Crippen LogP contribution is -2.11. The molecule has 0 aliphatic rings. The van der Waals surface area contributed by atoms with Crippen LogP contribution in [0.3, 0.4) is 0 Å². The molecule has 0 aliphatic carbocycles. The number of carbonyl (C=O) groups excluding carboxylic acids is 1. The highest BCUT2D eigenvalue weighted by Gasteiger charge is 2.31. The number of alkyl halides is 3. The first-order valence-corrected chi connectivity index (χ1v) is 5.42. The summed E-state index contributed by atoms with van der Waals surface area (Å²) in [5.74, 6) is -1.74. The largest absolute Gasteiger partial charge is 0.416 e. The Labute approximate surface area is 111 Å². The van der Waals surface area contributed by atoms with E-state index in [1.54, 1.807) is 0 Å². The van der Waals surface area contributed by atoms with Crippen molar-refractivity contribution >= 4 is 5.91 Å². The Kier molecular flexibility index (Phi) is 3.44. The Morgan fingerprint density at radius 3 is 2.30 bits per heavy atom. The summed E-state index contributed by atoms with van der Waals surface area (Å²) in [4.78, 5) is 14.7. The van der Waals surface area contributed by atoms with Crippen LogP contribution in [-0.4, -0.2) is 10.9 Å². The topological polar surface area (TPSA) is 56.0 Å². The minimum atomic E-state index is -4.61. The number of pyridine rings is 1. The number of nitrogens with zero attached hydrogens (tertiary/aromatic N) is 1. The molecule has 2 aromatic rings. The van der Waals surface area contributed by atoms with Gasteiger partial charge in [-0.3, -0.25) is 9.78 Å². The molecule has 0 fully saturated rings. The van der Waals surface area contributed by atoms with Gasteiger partial charge in [-0.1, -0.05) is 0 Å². The van der Waals surface area contributed by atoms with Crippen molar-refractivity contribution in [2.45, 2.75) is 6.18 Å². The molecule has 0 spiro atoms. The Hall–Kier alpha value is -2.44. The molecule has 0 bridgehead atoms. The molecule has 0 radical (unpaired) electrons. The maximum Gasteiger partial charge on any atom is 0.416 e. The van der Waals surface area contributed by atoms with E-state index in [-0.39, 0.29) is 16.8 Å². The van der Waals surface area contributed by atoms with Crippen molar-refractivity contribution in [1.29, 1.82) is 0 Å². The number of aromatic nitrogens is 1. The fraction of sp³-hybridized carbons (Fsp3) is 0.0769. The fourth-order valence-corrected chi connectivity index (χ4v) is 1.60. The van der Waals surface area contributed by atoms with Crippen molar-refractivity contribution in [3.05, 3.63) is 53.5 Å². The summed E-state index contributed by atoms with van der Waals surface area (Å²) >= 11 is 0. The van der Waals surface area contributed by atoms with Crippen LogP contribution >= 0.6 is 0 Å². The summed E-state index contributed by atoms with van der Waals surface area (Å²) in [6.45, 7) is 0. The van der Waals surface area contributed by atoms with E-state index in [4.69, 9.17) is 5.73 Å². The highest BCUT2D eigenvalue weighted by molar-refractivity contribution is 5.92. The zero-order chi connectivity index (χ0) is 14.9. The van der Waals surface area contributed by atoms with Crippen LogP contribution in [0.15, 0.2) is 36.5 Å². The van der Waals surface area contributed by atoms with Crippen LogP contribution in [0.25, 0.3) is 11.3 Å². The van der Waals surface area contributed by atoms with Gasteiger partial charge < -0.3 is 5.73 Å². The second-order valence-corrected chi connectivity index (χ2v) is 3.99. The van der Waals surface area contributed by atoms with Gasteiger partial charge in [0.2, 0.25) is 5.91 Å². The number of nitrogens with two attached hydrogens (primary N) is 1. The SMILES string of the molecule is NC(=O)c1ccc(-c2ccc(C(F)(F)F)cc2F)nc1. The van der Waals surface area contributed by atoms with E-state index in [2.05, 4.69) is 4.98 Å². The highest BCUT2D eigenvalue weighted by atomic mass is 19.4. The van der Waals surface area contributed by atoms with Gasteiger partial charge >= 0.3 is 6.18 Å². The molecule has 2 N–H and O–H groups in total. The third-order valence-corrected chi connectivity index (χ3v) is 2.62. The number of rotatable bonds is 2. The van der Waals surface area contributed by atoms with E-state index >= 15 is 0 Å². The van der Waals surface area contributed by atoms with Gasteiger partial charge in [-0.05, 0) is 30.3 Å². The summed E-state index contributed by atoms with van der Waals surface area (Å²) in [5, 5.41) is 0. The third-order valence-electron chi connectivity index (χ3n) is 2.62. The summed E-state index contributed by atoms with van der Waals surface area (Å²) in [5.41, 5.74) is 4.10. The number of primary amides is 1. The quantitative estimate of drug-likeness (QED) is 0.862. The maximum atomic E-state index is 13.7. The van der Waals surface area contributed by atoms with E-state index in [1.165, 1.54) is 12.1 Å². The van der Waals surface area contributed by atoms with Crippen LogP contribution < -0.4 is 5.73 Å². The number of hydrogen-bond acceptors (Lipinski definition) is 2. The number of amides is 1. The summed E-state index contributed by atoms with van der Waals surface area (Å²) in [7, 11) is 0. The summed E-state index contributed by atoms with van der Waals surface area (Å²) in [6, 6.07) is 4.79. The molecule has 0 aliphatic heterocycles. The van der Waals surface area contributed by atoms with Gasteiger partial charge in [0.05, 0.1) is 16.8 Å². The van der Waals surface area contributed by atoms with Gasteiger partial charge in [-0.25, -0.2) is 4.39 Å². The fourth-order valence-electron chi connectivity index (χ4n) is 1.60. The predicted molar refractivity (Wildman–Crippen MR) is 63.2 cm³/mol. The Morgan fingerprint density at radius 2 is 1.85 bits per heavy atom. The molecule has 1 heterocycles. The molecule has 2 rings (SSSR count). The van der Waals surface area contributed by atoms with Gasteiger partial charge in [0.15, 0.2) is 0 Å². The average molecular weight is 284 g/mol. The lowest BCUT2D eigenvalue weighted by atomic mass is 10.1. The van der Waals surface area contributed by atoms with Crippen molar-refractivity contribution in [3.8, 4) is 11.3 Å². The van der Waals surface area contributed by atoms with Crippen molar-refractivity contribution < 1.29 is 22.4 Å². The minimum Gasteiger partial charge on any atom is -0.366 e. The molecule has 1 amide bonds. The van der Waals surface area contributed by atoms with Crippen LogP contribution in [0.2, 0.25) is 0 Å². The Bertz CT molecular complexity index is 650. The highest BCUT2D eigenvalue weighted by Crippen LogP contribution is 2.32. The van der Waals surface area contributed by atoms with Crippen LogP contribution in [-0.2, 0) is 6.18 Å². The normalized spacial score (nSPS) is 11.4. The molecule has 104 valence electrons. The summed E-state index contributed by atoms with van der Waals surface area (Å²) in [6.07, 6.45) is -3.47. The molecule has 3 nitrogen and oxygen atoms in total. The van der Waals surface area contributed by atoms with Crippen LogP contribution in [0.4, 0.5) is 17.6 Å². The van der Waals surface area contributed by atoms with Crippen LogP contribution in [0, 0.1) is 5.82 Å². The van der Waals surface area contributed by atoms with E-state index in [1.807, 2.05) is 0 Å². The van der Waals surface area contributed by atoms with E-state index in [0.29, 0.717) is 6.07 Å². The van der Waals surface area contributed by atoms with E-state index < -0.39 is 23.5 Å². The molecule has 7 heteroatoms. The second-order valence-electron chi connectivity index (χ2n) is 3.99. The van der Waals surface area contributed by atoms with E-state index in [0.717, 1.165) is 18.3 Å². The first-order valence-electron chi connectivity index (χ1n) is 5.42. The molecular weight excluding hydrogens is 276 g/mol. The van der Waals surface area contributed by atoms with Crippen molar-refractivity contribution in [1.82, 2.24) is 4.98 Å². The van der Waals surface area contributed by atoms with Crippen LogP contribution in [0.1, 0.15) is 15.9 Å². The molecule has 1 aromatic carbocycles. The zero-order valence-corrected chi connectivity index (χ0v) is 9.91. The smallest absolute Gasteiger partial charge is 0.366 e. The lowest BCUT2D eigenvalue weighted by molar-refractivity contribution is -0.137. The van der Waals surface area contributed by atoms with Gasteiger partial charge in [0.1, 0.15) is 5.82 Å². The molecule has 0 unspecified atom stereocenters. The average Bonchev–Trinajstić information content (AvgIpc) is 2.37. The van der Waals surface area contributed by atoms with Crippen molar-refractivity contribution in [2.24, 2.45) is 5.73 Å². The van der Waals surface area contributed by atoms with Gasteiger partial charge in [0, 0.05) is 11.8 Å². The minimum absolute atomic E-state index is 0.0889. The maximum absolute atomic E-state index is 13.7. The first kappa shape index (κ1) is 14.0. The number of halogens is 4. The molecule has 0 saturated heterocycles. The van der Waals surface area contributed by atoms with Crippen molar-refractivity contribution in [2.75, 3.05) is 0 Å². The van der Waals surface area contributed by atoms with Gasteiger partial charge in [-0.15, -0.1) is 0 Å². The van der Waals surface area contributed by atoms with Crippen LogP contribution in [0.5, 0.6) is 0 Å². The molecule has 0 saturated carbocycles. The Balaban J connectivity index is 2.41. The monoisotopic (exact) mass is 284 g/mol. The predicted octanol–water partition coefficient (Wildman–Crippen LogP) is 3.01. The second kappa shape index (κ2) is 4.92. The standard InChI is InChI=1S/C13H8F4N2O/c14-10-5-8(13(15,16)17)2-3-9(10)11-4-1-7(6-19-11)12(18)20/h1-6H,(H2,18,20). The van der Waals surface area contributed by atoms with E-state index in [9.17, 15) is 22.4 Å². The molecular formula is C13H8F4N2O. The Morgan fingerprint density at radius 1 is 1.15 bits per heavy atom. The first-order chi connectivity index (χ1) is 9.29. The number of carbonyl (C=O) groups is 1. The zero-order valence-electron chi connectivity index (χ0n) is 9.91. The summed E-state index contributed by atoms with van der Waals surface area (Å²) < 4.78 is 50.9. The third kappa shape index (κ3) is 2.76. The number of benzene rings is 1. The molecule has 20 heavy (non-hydrogen) atoms. The molecule has 0 atom stereocenters.